The van der Waals surface area contributed by atoms with Gasteiger partial charge >= 0.3 is 0 Å². The fourth-order valence-electron chi connectivity index (χ4n) is 3.04. The monoisotopic (exact) mass is 385 g/mol. The first-order valence-electron chi connectivity index (χ1n) is 8.23. The molecular formula is C16H23N3O4S2. The van der Waals surface area contributed by atoms with Crippen LogP contribution in [0, 0.1) is 5.92 Å². The van der Waals surface area contributed by atoms with Crippen LogP contribution in [0.4, 0.5) is 0 Å². The van der Waals surface area contributed by atoms with Gasteiger partial charge in [-0.25, -0.2) is 13.1 Å². The Morgan fingerprint density at radius 3 is 3.04 bits per heavy atom. The van der Waals surface area contributed by atoms with E-state index in [9.17, 15) is 13.2 Å². The molecule has 138 valence electrons. The summed E-state index contributed by atoms with van der Waals surface area (Å²) in [7, 11) is -2.09. The molecule has 0 saturated carbocycles. The second kappa shape index (κ2) is 7.94. The molecule has 0 spiro atoms. The Kier molecular flexibility index (Phi) is 5.88. The van der Waals surface area contributed by atoms with Crippen molar-refractivity contribution in [2.45, 2.75) is 17.4 Å². The molecule has 2 aliphatic rings. The zero-order valence-corrected chi connectivity index (χ0v) is 15.7. The van der Waals surface area contributed by atoms with Crippen molar-refractivity contribution in [2.75, 3.05) is 38.4 Å². The predicted molar refractivity (Wildman–Crippen MR) is 97.1 cm³/mol. The molecule has 2 aliphatic heterocycles. The van der Waals surface area contributed by atoms with Gasteiger partial charge in [0.05, 0.1) is 23.9 Å². The van der Waals surface area contributed by atoms with Crippen LogP contribution in [0.25, 0.3) is 0 Å². The minimum Gasteiger partial charge on any atom is -0.497 e. The van der Waals surface area contributed by atoms with E-state index in [1.165, 1.54) is 19.2 Å². The Bertz CT molecular complexity index is 720. The Morgan fingerprint density at radius 2 is 2.32 bits per heavy atom. The molecule has 2 N–H and O–H groups in total. The fourth-order valence-corrected chi connectivity index (χ4v) is 5.15. The number of nitrogens with zero attached hydrogens (tertiary/aromatic N) is 1. The van der Waals surface area contributed by atoms with Gasteiger partial charge in [-0.2, -0.15) is 0 Å². The van der Waals surface area contributed by atoms with E-state index in [-0.39, 0.29) is 22.8 Å². The van der Waals surface area contributed by atoms with Crippen LogP contribution in [-0.2, 0) is 14.8 Å². The second-order valence-corrected chi connectivity index (χ2v) is 9.07. The van der Waals surface area contributed by atoms with E-state index < -0.39 is 10.0 Å². The number of sulfonamides is 1. The molecule has 0 aromatic heterocycles. The molecule has 9 heteroatoms. The summed E-state index contributed by atoms with van der Waals surface area (Å²) in [6.45, 7) is 1.75. The first-order chi connectivity index (χ1) is 12.0. The van der Waals surface area contributed by atoms with E-state index in [0.29, 0.717) is 25.3 Å². The average molecular weight is 386 g/mol. The Hall–Kier alpha value is -1.29. The van der Waals surface area contributed by atoms with Crippen LogP contribution in [-0.4, -0.2) is 63.6 Å². The molecule has 2 saturated heterocycles. The number of ether oxygens (including phenoxy) is 1. The van der Waals surface area contributed by atoms with Crippen LogP contribution in [0.3, 0.4) is 0 Å². The first-order valence-corrected chi connectivity index (χ1v) is 10.9. The number of hydrogen-bond donors (Lipinski definition) is 2. The quantitative estimate of drug-likeness (QED) is 0.741. The maximum Gasteiger partial charge on any atom is 0.240 e. The van der Waals surface area contributed by atoms with Gasteiger partial charge in [0.25, 0.3) is 0 Å². The molecule has 1 aromatic rings. The van der Waals surface area contributed by atoms with Gasteiger partial charge in [0.1, 0.15) is 5.75 Å². The molecule has 1 amide bonds. The van der Waals surface area contributed by atoms with Gasteiger partial charge in [-0.15, -0.1) is 11.8 Å². The number of carbonyl (C=O) groups excluding carboxylic acids is 1. The number of carbonyl (C=O) groups is 1. The van der Waals surface area contributed by atoms with Gasteiger partial charge in [-0.05, 0) is 24.5 Å². The number of amides is 1. The minimum absolute atomic E-state index is 0.101. The summed E-state index contributed by atoms with van der Waals surface area (Å²) in [5.74, 6) is 2.47. The normalized spacial score (nSPS) is 23.8. The third kappa shape index (κ3) is 4.46. The number of nitrogens with one attached hydrogen (secondary N) is 2. The van der Waals surface area contributed by atoms with Crippen LogP contribution in [0.2, 0.25) is 0 Å². The van der Waals surface area contributed by atoms with Gasteiger partial charge in [0, 0.05) is 31.5 Å². The Morgan fingerprint density at radius 1 is 1.48 bits per heavy atom. The smallest absolute Gasteiger partial charge is 0.240 e. The molecule has 1 aromatic carbocycles. The Labute approximate surface area is 152 Å². The molecule has 2 fully saturated rings. The summed E-state index contributed by atoms with van der Waals surface area (Å²) >= 11 is 1.76. The standard InChI is InChI=1S/C16H23N3O4S2/c1-23-13-3-2-4-14(8-13)25(21,22)18-10-12-7-15(17-9-12)16(20)19-5-6-24-11-19/h2-4,8,12,15,17-18H,5-7,9-11H2,1H3/t12?,15-/m0/s1. The van der Waals surface area contributed by atoms with Crippen LogP contribution in [0.15, 0.2) is 29.2 Å². The van der Waals surface area contributed by atoms with E-state index in [0.717, 1.165) is 18.2 Å². The molecular weight excluding hydrogens is 362 g/mol. The van der Waals surface area contributed by atoms with E-state index in [1.54, 1.807) is 23.9 Å². The van der Waals surface area contributed by atoms with Crippen molar-refractivity contribution in [2.24, 2.45) is 5.92 Å². The minimum atomic E-state index is -3.59. The van der Waals surface area contributed by atoms with Gasteiger partial charge in [-0.1, -0.05) is 6.07 Å². The SMILES string of the molecule is COc1cccc(S(=O)(=O)NCC2CN[C@H](C(=O)N3CCSC3)C2)c1. The van der Waals surface area contributed by atoms with Crippen molar-refractivity contribution in [3.05, 3.63) is 24.3 Å². The number of methoxy groups -OCH3 is 1. The maximum atomic E-state index is 12.4. The van der Waals surface area contributed by atoms with E-state index >= 15 is 0 Å². The summed E-state index contributed by atoms with van der Waals surface area (Å²) in [5, 5.41) is 3.22. The van der Waals surface area contributed by atoms with E-state index in [2.05, 4.69) is 10.0 Å². The third-order valence-electron chi connectivity index (χ3n) is 4.50. The van der Waals surface area contributed by atoms with E-state index in [1.807, 2.05) is 4.90 Å². The lowest BCUT2D eigenvalue weighted by molar-refractivity contribution is -0.131. The molecule has 0 aliphatic carbocycles. The molecule has 0 bridgehead atoms. The summed E-state index contributed by atoms with van der Waals surface area (Å²) < 4.78 is 32.5. The summed E-state index contributed by atoms with van der Waals surface area (Å²) in [4.78, 5) is 14.4. The number of benzene rings is 1. The largest absolute Gasteiger partial charge is 0.497 e. The van der Waals surface area contributed by atoms with Gasteiger partial charge in [0.2, 0.25) is 15.9 Å². The lowest BCUT2D eigenvalue weighted by Crippen LogP contribution is -2.42. The summed E-state index contributed by atoms with van der Waals surface area (Å²) in [5.41, 5.74) is 0. The zero-order valence-electron chi connectivity index (χ0n) is 14.1. The molecule has 3 rings (SSSR count). The lowest BCUT2D eigenvalue weighted by atomic mass is 10.1. The Balaban J connectivity index is 1.54. The lowest BCUT2D eigenvalue weighted by Gasteiger charge is -2.19. The molecule has 2 heterocycles. The highest BCUT2D eigenvalue weighted by Gasteiger charge is 2.33. The summed E-state index contributed by atoms with van der Waals surface area (Å²) in [6.07, 6.45) is 0.653. The molecule has 0 radical (unpaired) electrons. The van der Waals surface area contributed by atoms with Gasteiger partial charge in [-0.3, -0.25) is 4.79 Å². The summed E-state index contributed by atoms with van der Waals surface area (Å²) in [6, 6.07) is 6.17. The molecule has 2 atom stereocenters. The van der Waals surface area contributed by atoms with Crippen molar-refractivity contribution in [3.63, 3.8) is 0 Å². The van der Waals surface area contributed by atoms with Gasteiger partial charge in [0.15, 0.2) is 0 Å². The van der Waals surface area contributed by atoms with Crippen LogP contribution < -0.4 is 14.8 Å². The number of thioether (sulfide) groups is 1. The zero-order chi connectivity index (χ0) is 17.9. The van der Waals surface area contributed by atoms with Gasteiger partial charge < -0.3 is 15.0 Å². The fraction of sp³-hybridized carbons (Fsp3) is 0.562. The highest BCUT2D eigenvalue weighted by molar-refractivity contribution is 7.99. The van der Waals surface area contributed by atoms with Crippen molar-refractivity contribution in [3.8, 4) is 5.75 Å². The predicted octanol–water partition coefficient (Wildman–Crippen LogP) is 0.485. The number of rotatable bonds is 6. The van der Waals surface area contributed by atoms with Crippen molar-refractivity contribution in [1.82, 2.24) is 14.9 Å². The molecule has 25 heavy (non-hydrogen) atoms. The van der Waals surface area contributed by atoms with E-state index in [4.69, 9.17) is 4.74 Å². The molecule has 1 unspecified atom stereocenters. The average Bonchev–Trinajstić information content (AvgIpc) is 3.31. The topological polar surface area (TPSA) is 87.7 Å². The van der Waals surface area contributed by atoms with Crippen molar-refractivity contribution < 1.29 is 17.9 Å². The van der Waals surface area contributed by atoms with Crippen LogP contribution in [0.5, 0.6) is 5.75 Å². The number of hydrogen-bond acceptors (Lipinski definition) is 6. The van der Waals surface area contributed by atoms with Crippen LogP contribution >= 0.6 is 11.8 Å². The maximum absolute atomic E-state index is 12.4. The molecule has 7 nitrogen and oxygen atoms in total. The third-order valence-corrected chi connectivity index (χ3v) is 6.88. The highest BCUT2D eigenvalue weighted by atomic mass is 32.2. The van der Waals surface area contributed by atoms with Crippen molar-refractivity contribution in [1.29, 1.82) is 0 Å². The highest BCUT2D eigenvalue weighted by Crippen LogP contribution is 2.21. The van der Waals surface area contributed by atoms with Crippen LogP contribution in [0.1, 0.15) is 6.42 Å². The first kappa shape index (κ1) is 18.5. The van der Waals surface area contributed by atoms with Crippen molar-refractivity contribution >= 4 is 27.7 Å². The second-order valence-electron chi connectivity index (χ2n) is 6.23.